The van der Waals surface area contributed by atoms with Crippen LogP contribution in [0.2, 0.25) is 0 Å². The van der Waals surface area contributed by atoms with Crippen molar-refractivity contribution in [2.45, 2.75) is 65.2 Å². The van der Waals surface area contributed by atoms with E-state index in [1.807, 2.05) is 0 Å². The normalized spacial score (nSPS) is 26.6. The summed E-state index contributed by atoms with van der Waals surface area (Å²) in [4.78, 5) is 11.9. The van der Waals surface area contributed by atoms with Crippen molar-refractivity contribution in [1.29, 1.82) is 0 Å². The summed E-state index contributed by atoms with van der Waals surface area (Å²) in [6.45, 7) is 8.77. The van der Waals surface area contributed by atoms with Crippen LogP contribution in [0, 0.1) is 11.3 Å². The fourth-order valence-corrected chi connectivity index (χ4v) is 3.60. The Bertz CT molecular complexity index is 495. The lowest BCUT2D eigenvalue weighted by molar-refractivity contribution is -0.152. The van der Waals surface area contributed by atoms with Crippen molar-refractivity contribution in [2.24, 2.45) is 11.3 Å². The first kappa shape index (κ1) is 16.1. The predicted octanol–water partition coefficient (Wildman–Crippen LogP) is 4.81. The van der Waals surface area contributed by atoms with Crippen molar-refractivity contribution < 1.29 is 9.90 Å². The zero-order valence-electron chi connectivity index (χ0n) is 13.8. The molecule has 1 saturated carbocycles. The second-order valence-electron chi connectivity index (χ2n) is 7.91. The van der Waals surface area contributed by atoms with E-state index in [-0.39, 0.29) is 5.41 Å². The molecular formula is C19H28O2. The Kier molecular flexibility index (Phi) is 4.46. The smallest absolute Gasteiger partial charge is 0.309 e. The molecule has 2 heteroatoms. The molecule has 0 radical (unpaired) electrons. The molecule has 0 aliphatic heterocycles. The third-order valence-corrected chi connectivity index (χ3v) is 4.91. The van der Waals surface area contributed by atoms with Gasteiger partial charge in [0.25, 0.3) is 0 Å². The number of aliphatic carboxylic acids is 1. The van der Waals surface area contributed by atoms with Gasteiger partial charge in [-0.2, -0.15) is 0 Å². The summed E-state index contributed by atoms with van der Waals surface area (Å²) in [7, 11) is 0. The fourth-order valence-electron chi connectivity index (χ4n) is 3.60. The van der Waals surface area contributed by atoms with Crippen molar-refractivity contribution >= 4 is 5.97 Å². The fraction of sp³-hybridized carbons (Fsp3) is 0.632. The Morgan fingerprint density at radius 2 is 1.90 bits per heavy atom. The largest absolute Gasteiger partial charge is 0.481 e. The van der Waals surface area contributed by atoms with Gasteiger partial charge < -0.3 is 5.11 Å². The van der Waals surface area contributed by atoms with Crippen LogP contribution >= 0.6 is 0 Å². The highest BCUT2D eigenvalue weighted by Crippen LogP contribution is 2.42. The van der Waals surface area contributed by atoms with Crippen LogP contribution in [0.15, 0.2) is 24.3 Å². The van der Waals surface area contributed by atoms with E-state index in [2.05, 4.69) is 52.0 Å². The Hall–Kier alpha value is -1.31. The zero-order valence-corrected chi connectivity index (χ0v) is 13.8. The van der Waals surface area contributed by atoms with Crippen LogP contribution in [0.3, 0.4) is 0 Å². The van der Waals surface area contributed by atoms with Crippen LogP contribution in [0.4, 0.5) is 0 Å². The first-order valence-electron chi connectivity index (χ1n) is 8.06. The number of hydrogen-bond donors (Lipinski definition) is 1. The van der Waals surface area contributed by atoms with Crippen molar-refractivity contribution in [3.63, 3.8) is 0 Å². The summed E-state index contributed by atoms with van der Waals surface area (Å²) in [5.74, 6) is -0.0994. The molecule has 1 aromatic carbocycles. The molecule has 0 bridgehead atoms. The molecule has 1 aliphatic rings. The molecule has 2 unspecified atom stereocenters. The Morgan fingerprint density at radius 1 is 1.29 bits per heavy atom. The van der Waals surface area contributed by atoms with Crippen molar-refractivity contribution in [3.05, 3.63) is 35.4 Å². The van der Waals surface area contributed by atoms with E-state index in [4.69, 9.17) is 0 Å². The summed E-state index contributed by atoms with van der Waals surface area (Å²) in [5, 5.41) is 9.75. The van der Waals surface area contributed by atoms with E-state index < -0.39 is 11.4 Å². The van der Waals surface area contributed by atoms with E-state index in [1.54, 1.807) is 0 Å². The van der Waals surface area contributed by atoms with Gasteiger partial charge in [-0.25, -0.2) is 0 Å². The van der Waals surface area contributed by atoms with Crippen molar-refractivity contribution in [3.8, 4) is 0 Å². The van der Waals surface area contributed by atoms with Gasteiger partial charge in [0.1, 0.15) is 0 Å². The first-order chi connectivity index (χ1) is 9.73. The van der Waals surface area contributed by atoms with E-state index >= 15 is 0 Å². The molecule has 0 spiro atoms. The van der Waals surface area contributed by atoms with Gasteiger partial charge in [0, 0.05) is 0 Å². The average molecular weight is 288 g/mol. The van der Waals surface area contributed by atoms with Crippen LogP contribution in [0.1, 0.15) is 64.5 Å². The highest BCUT2D eigenvalue weighted by Gasteiger charge is 2.41. The summed E-state index contributed by atoms with van der Waals surface area (Å²) in [6, 6.07) is 8.53. The summed E-state index contributed by atoms with van der Waals surface area (Å²) in [6.07, 6.45) is 4.49. The van der Waals surface area contributed by atoms with Gasteiger partial charge in [-0.05, 0) is 41.7 Å². The molecule has 0 amide bonds. The third kappa shape index (κ3) is 3.66. The van der Waals surface area contributed by atoms with Gasteiger partial charge in [-0.15, -0.1) is 0 Å². The quantitative estimate of drug-likeness (QED) is 0.866. The topological polar surface area (TPSA) is 37.3 Å². The number of rotatable bonds is 3. The van der Waals surface area contributed by atoms with Gasteiger partial charge >= 0.3 is 5.97 Å². The van der Waals surface area contributed by atoms with Crippen molar-refractivity contribution in [1.82, 2.24) is 0 Å². The summed E-state index contributed by atoms with van der Waals surface area (Å²) < 4.78 is 0. The lowest BCUT2D eigenvalue weighted by Crippen LogP contribution is -2.37. The lowest BCUT2D eigenvalue weighted by Gasteiger charge is -2.36. The van der Waals surface area contributed by atoms with Crippen LogP contribution in [0.25, 0.3) is 0 Å². The molecule has 0 heterocycles. The molecule has 116 valence electrons. The minimum atomic E-state index is -0.617. The van der Waals surface area contributed by atoms with Crippen LogP contribution in [-0.4, -0.2) is 11.1 Å². The van der Waals surface area contributed by atoms with E-state index in [1.165, 1.54) is 5.56 Å². The van der Waals surface area contributed by atoms with Gasteiger partial charge in [0.2, 0.25) is 0 Å². The Labute approximate surface area is 128 Å². The van der Waals surface area contributed by atoms with Gasteiger partial charge in [0.05, 0.1) is 5.41 Å². The van der Waals surface area contributed by atoms with Gasteiger partial charge in [-0.3, -0.25) is 4.79 Å². The number of hydrogen-bond acceptors (Lipinski definition) is 1. The second-order valence-corrected chi connectivity index (χ2v) is 7.91. The molecule has 2 nitrogen and oxygen atoms in total. The lowest BCUT2D eigenvalue weighted by atomic mass is 9.67. The molecule has 2 atom stereocenters. The third-order valence-electron chi connectivity index (χ3n) is 4.91. The minimum absolute atomic E-state index is 0.141. The molecule has 0 aromatic heterocycles. The first-order valence-corrected chi connectivity index (χ1v) is 8.06. The standard InChI is InChI=1S/C19H28O2/c1-14-6-5-11-19(12-14,17(20)21)13-15-7-9-16(10-8-15)18(2,3)4/h7-10,14H,5-6,11-13H2,1-4H3,(H,20,21). The summed E-state index contributed by atoms with van der Waals surface area (Å²) >= 11 is 0. The van der Waals surface area contributed by atoms with E-state index in [0.29, 0.717) is 12.3 Å². The zero-order chi connectivity index (χ0) is 15.7. The predicted molar refractivity (Wildman–Crippen MR) is 86.5 cm³/mol. The molecule has 1 aromatic rings. The molecule has 1 N–H and O–H groups in total. The van der Waals surface area contributed by atoms with E-state index in [0.717, 1.165) is 31.2 Å². The Balaban J connectivity index is 2.20. The Morgan fingerprint density at radius 3 is 2.38 bits per heavy atom. The maximum absolute atomic E-state index is 11.9. The maximum atomic E-state index is 11.9. The molecular weight excluding hydrogens is 260 g/mol. The highest BCUT2D eigenvalue weighted by molar-refractivity contribution is 5.75. The minimum Gasteiger partial charge on any atom is -0.481 e. The average Bonchev–Trinajstić information content (AvgIpc) is 2.38. The number of carbonyl (C=O) groups is 1. The SMILES string of the molecule is CC1CCCC(Cc2ccc(C(C)(C)C)cc2)(C(=O)O)C1. The molecule has 1 aliphatic carbocycles. The number of carboxylic acids is 1. The molecule has 2 rings (SSSR count). The molecule has 1 fully saturated rings. The number of carboxylic acid groups (broad SMARTS) is 1. The highest BCUT2D eigenvalue weighted by atomic mass is 16.4. The van der Waals surface area contributed by atoms with E-state index in [9.17, 15) is 9.90 Å². The monoisotopic (exact) mass is 288 g/mol. The molecule has 0 saturated heterocycles. The van der Waals surface area contributed by atoms with Crippen LogP contribution < -0.4 is 0 Å². The second kappa shape index (κ2) is 5.82. The van der Waals surface area contributed by atoms with Gasteiger partial charge in [-0.1, -0.05) is 64.8 Å². The van der Waals surface area contributed by atoms with Gasteiger partial charge in [0.15, 0.2) is 0 Å². The summed E-state index contributed by atoms with van der Waals surface area (Å²) in [5.41, 5.74) is 2.04. The van der Waals surface area contributed by atoms with Crippen LogP contribution in [-0.2, 0) is 16.6 Å². The van der Waals surface area contributed by atoms with Crippen molar-refractivity contribution in [2.75, 3.05) is 0 Å². The maximum Gasteiger partial charge on any atom is 0.309 e. The molecule has 21 heavy (non-hydrogen) atoms. The number of benzene rings is 1. The van der Waals surface area contributed by atoms with Crippen LogP contribution in [0.5, 0.6) is 0 Å².